The van der Waals surface area contributed by atoms with Crippen molar-refractivity contribution in [2.45, 2.75) is 18.7 Å². The Labute approximate surface area is 187 Å². The molecule has 0 saturated heterocycles. The normalized spacial score (nSPS) is 11.1. The number of nitrogens with zero attached hydrogens (tertiary/aromatic N) is 1. The number of nitrogens with one attached hydrogen (secondary N) is 1. The largest absolute Gasteiger partial charge is 0.497 e. The Morgan fingerprint density at radius 3 is 2.26 bits per heavy atom. The van der Waals surface area contributed by atoms with E-state index in [2.05, 4.69) is 5.32 Å². The van der Waals surface area contributed by atoms with Crippen LogP contribution < -0.4 is 14.4 Å². The van der Waals surface area contributed by atoms with Crippen LogP contribution in [-0.4, -0.2) is 28.0 Å². The molecule has 0 fully saturated rings. The molecule has 0 unspecified atom stereocenters. The van der Waals surface area contributed by atoms with Gasteiger partial charge < -0.3 is 10.1 Å². The summed E-state index contributed by atoms with van der Waals surface area (Å²) in [6.07, 6.45) is 0. The van der Waals surface area contributed by atoms with E-state index < -0.39 is 22.5 Å². The van der Waals surface area contributed by atoms with E-state index in [-0.39, 0.29) is 4.90 Å². The first kappa shape index (κ1) is 22.7. The third-order valence-corrected chi connectivity index (χ3v) is 7.00. The molecule has 0 spiro atoms. The van der Waals surface area contributed by atoms with Gasteiger partial charge in [0.2, 0.25) is 5.91 Å². The van der Waals surface area contributed by atoms with Crippen molar-refractivity contribution in [3.05, 3.63) is 82.9 Å². The summed E-state index contributed by atoms with van der Waals surface area (Å²) in [6, 6.07) is 18.1. The standard InChI is InChI=1S/C23H23ClN2O4S/c1-16-7-13-20(14-8-16)31(28,29)26(18-9-11-19(30-3)12-10-18)15-23(27)25-22-6-4-5-21(24)17(22)2/h4-14H,15H2,1-3H3,(H,25,27). The van der Waals surface area contributed by atoms with Crippen molar-refractivity contribution in [3.8, 4) is 5.75 Å². The Bertz CT molecular complexity index is 1180. The summed E-state index contributed by atoms with van der Waals surface area (Å²) in [7, 11) is -2.47. The highest BCUT2D eigenvalue weighted by Gasteiger charge is 2.27. The SMILES string of the molecule is COc1ccc(N(CC(=O)Nc2cccc(Cl)c2C)S(=O)(=O)c2ccc(C)cc2)cc1. The minimum absolute atomic E-state index is 0.0978. The van der Waals surface area contributed by atoms with Crippen LogP contribution in [0.25, 0.3) is 0 Å². The number of halogens is 1. The average molecular weight is 459 g/mol. The molecular weight excluding hydrogens is 436 g/mol. The summed E-state index contributed by atoms with van der Waals surface area (Å²) in [4.78, 5) is 12.9. The molecule has 0 aliphatic heterocycles. The number of rotatable bonds is 7. The minimum atomic E-state index is -3.99. The van der Waals surface area contributed by atoms with Gasteiger partial charge in [0.05, 0.1) is 17.7 Å². The molecule has 3 rings (SSSR count). The second-order valence-corrected chi connectivity index (χ2v) is 9.25. The topological polar surface area (TPSA) is 75.7 Å². The molecular formula is C23H23ClN2O4S. The number of methoxy groups -OCH3 is 1. The van der Waals surface area contributed by atoms with Crippen LogP contribution in [0.15, 0.2) is 71.6 Å². The van der Waals surface area contributed by atoms with Gasteiger partial charge in [-0.3, -0.25) is 9.10 Å². The minimum Gasteiger partial charge on any atom is -0.497 e. The smallest absolute Gasteiger partial charge is 0.264 e. The number of hydrogen-bond acceptors (Lipinski definition) is 4. The number of anilines is 2. The van der Waals surface area contributed by atoms with Gasteiger partial charge >= 0.3 is 0 Å². The first-order valence-corrected chi connectivity index (χ1v) is 11.3. The molecule has 0 atom stereocenters. The number of benzene rings is 3. The zero-order chi connectivity index (χ0) is 22.6. The van der Waals surface area contributed by atoms with Gasteiger partial charge in [-0.25, -0.2) is 8.42 Å². The lowest BCUT2D eigenvalue weighted by molar-refractivity contribution is -0.114. The van der Waals surface area contributed by atoms with E-state index in [1.807, 2.05) is 6.92 Å². The van der Waals surface area contributed by atoms with Gasteiger partial charge in [0.1, 0.15) is 12.3 Å². The Balaban J connectivity index is 1.96. The molecule has 0 aliphatic rings. The maximum absolute atomic E-state index is 13.4. The quantitative estimate of drug-likeness (QED) is 0.551. The van der Waals surface area contributed by atoms with Crippen molar-refractivity contribution in [1.29, 1.82) is 0 Å². The van der Waals surface area contributed by atoms with Gasteiger partial charge in [-0.15, -0.1) is 0 Å². The van der Waals surface area contributed by atoms with Gasteiger partial charge in [-0.05, 0) is 67.9 Å². The van der Waals surface area contributed by atoms with Crippen LogP contribution in [0.2, 0.25) is 5.02 Å². The molecule has 0 aromatic heterocycles. The first-order chi connectivity index (χ1) is 14.7. The van der Waals surface area contributed by atoms with Crippen molar-refractivity contribution in [2.75, 3.05) is 23.3 Å². The van der Waals surface area contributed by atoms with E-state index in [1.165, 1.54) is 19.2 Å². The molecule has 8 heteroatoms. The van der Waals surface area contributed by atoms with E-state index >= 15 is 0 Å². The number of carbonyl (C=O) groups excluding carboxylic acids is 1. The second kappa shape index (κ2) is 9.41. The highest BCUT2D eigenvalue weighted by Crippen LogP contribution is 2.27. The van der Waals surface area contributed by atoms with Gasteiger partial charge in [-0.1, -0.05) is 35.4 Å². The van der Waals surface area contributed by atoms with Crippen molar-refractivity contribution >= 4 is 38.9 Å². The highest BCUT2D eigenvalue weighted by atomic mass is 35.5. The first-order valence-electron chi connectivity index (χ1n) is 9.51. The lowest BCUT2D eigenvalue weighted by Gasteiger charge is -2.24. The van der Waals surface area contributed by atoms with Crippen LogP contribution >= 0.6 is 11.6 Å². The summed E-state index contributed by atoms with van der Waals surface area (Å²) in [6.45, 7) is 3.25. The van der Waals surface area contributed by atoms with Crippen molar-refractivity contribution in [1.82, 2.24) is 0 Å². The lowest BCUT2D eigenvalue weighted by atomic mass is 10.2. The maximum atomic E-state index is 13.4. The van der Waals surface area contributed by atoms with Crippen LogP contribution in [-0.2, 0) is 14.8 Å². The molecule has 0 heterocycles. The molecule has 3 aromatic rings. The lowest BCUT2D eigenvalue weighted by Crippen LogP contribution is -2.38. The third kappa shape index (κ3) is 5.18. The highest BCUT2D eigenvalue weighted by molar-refractivity contribution is 7.92. The van der Waals surface area contributed by atoms with Crippen LogP contribution in [0, 0.1) is 13.8 Å². The summed E-state index contributed by atoms with van der Waals surface area (Å²) < 4.78 is 33.0. The number of ether oxygens (including phenoxy) is 1. The van der Waals surface area contributed by atoms with Gasteiger partial charge in [-0.2, -0.15) is 0 Å². The molecule has 0 radical (unpaired) electrons. The van der Waals surface area contributed by atoms with Crippen LogP contribution in [0.5, 0.6) is 5.75 Å². The predicted octanol–water partition coefficient (Wildman–Crippen LogP) is 4.80. The zero-order valence-electron chi connectivity index (χ0n) is 17.4. The Morgan fingerprint density at radius 1 is 1.00 bits per heavy atom. The van der Waals surface area contributed by atoms with Gasteiger partial charge in [0, 0.05) is 10.7 Å². The fourth-order valence-corrected chi connectivity index (χ4v) is 4.56. The number of aryl methyl sites for hydroxylation is 1. The van der Waals surface area contributed by atoms with E-state index in [9.17, 15) is 13.2 Å². The monoisotopic (exact) mass is 458 g/mol. The van der Waals surface area contributed by atoms with Gasteiger partial charge in [0.25, 0.3) is 10.0 Å². The molecule has 162 valence electrons. The number of sulfonamides is 1. The molecule has 3 aromatic carbocycles. The van der Waals surface area contributed by atoms with Crippen molar-refractivity contribution in [2.24, 2.45) is 0 Å². The average Bonchev–Trinajstić information content (AvgIpc) is 2.75. The fraction of sp³-hybridized carbons (Fsp3) is 0.174. The van der Waals surface area contributed by atoms with Crippen molar-refractivity contribution < 1.29 is 17.9 Å². The molecule has 1 N–H and O–H groups in total. The number of carbonyl (C=O) groups is 1. The summed E-state index contributed by atoms with van der Waals surface area (Å²) >= 11 is 6.12. The number of amides is 1. The second-order valence-electron chi connectivity index (χ2n) is 6.98. The Morgan fingerprint density at radius 2 is 1.65 bits per heavy atom. The fourth-order valence-electron chi connectivity index (χ4n) is 2.96. The zero-order valence-corrected chi connectivity index (χ0v) is 19.0. The number of hydrogen-bond donors (Lipinski definition) is 1. The predicted molar refractivity (Wildman–Crippen MR) is 124 cm³/mol. The molecule has 0 aliphatic carbocycles. The summed E-state index contributed by atoms with van der Waals surface area (Å²) in [5.74, 6) is 0.0901. The van der Waals surface area contributed by atoms with Gasteiger partial charge in [0.15, 0.2) is 0 Å². The van der Waals surface area contributed by atoms with E-state index in [0.717, 1.165) is 9.87 Å². The maximum Gasteiger partial charge on any atom is 0.264 e. The van der Waals surface area contributed by atoms with Crippen molar-refractivity contribution in [3.63, 3.8) is 0 Å². The molecule has 31 heavy (non-hydrogen) atoms. The van der Waals surface area contributed by atoms with E-state index in [4.69, 9.17) is 16.3 Å². The molecule has 6 nitrogen and oxygen atoms in total. The van der Waals surface area contributed by atoms with E-state index in [0.29, 0.717) is 27.7 Å². The van der Waals surface area contributed by atoms with Crippen LogP contribution in [0.1, 0.15) is 11.1 Å². The Kier molecular flexibility index (Phi) is 6.87. The Hall–Kier alpha value is -3.03. The molecule has 0 bridgehead atoms. The summed E-state index contributed by atoms with van der Waals surface area (Å²) in [5, 5.41) is 3.26. The van der Waals surface area contributed by atoms with E-state index in [1.54, 1.807) is 61.5 Å². The van der Waals surface area contributed by atoms with Crippen LogP contribution in [0.4, 0.5) is 11.4 Å². The molecule has 1 amide bonds. The third-order valence-electron chi connectivity index (χ3n) is 4.80. The van der Waals surface area contributed by atoms with Crippen LogP contribution in [0.3, 0.4) is 0 Å². The molecule has 0 saturated carbocycles. The summed E-state index contributed by atoms with van der Waals surface area (Å²) in [5.41, 5.74) is 2.51.